The molecule has 0 radical (unpaired) electrons. The van der Waals surface area contributed by atoms with Crippen LogP contribution in [0.2, 0.25) is 0 Å². The van der Waals surface area contributed by atoms with Crippen molar-refractivity contribution >= 4 is 29.9 Å². The summed E-state index contributed by atoms with van der Waals surface area (Å²) in [5.74, 6) is 1.72. The van der Waals surface area contributed by atoms with Crippen LogP contribution in [-0.4, -0.2) is 52.1 Å². The molecule has 0 aliphatic carbocycles. The van der Waals surface area contributed by atoms with E-state index in [2.05, 4.69) is 42.7 Å². The third kappa shape index (κ3) is 9.12. The Kier molecular flexibility index (Phi) is 12.4. The van der Waals surface area contributed by atoms with Crippen molar-refractivity contribution in [3.63, 3.8) is 0 Å². The van der Waals surface area contributed by atoms with Crippen molar-refractivity contribution in [3.8, 4) is 5.75 Å². The zero-order valence-electron chi connectivity index (χ0n) is 16.8. The fraction of sp³-hybridized carbons (Fsp3) is 0.650. The Morgan fingerprint density at radius 1 is 1.30 bits per heavy atom. The first-order chi connectivity index (χ1) is 12.7. The van der Waals surface area contributed by atoms with Gasteiger partial charge in [0.2, 0.25) is 0 Å². The third-order valence-electron chi connectivity index (χ3n) is 4.25. The van der Waals surface area contributed by atoms with Crippen LogP contribution in [-0.2, 0) is 16.0 Å². The van der Waals surface area contributed by atoms with E-state index in [-0.39, 0.29) is 30.1 Å². The van der Waals surface area contributed by atoms with Gasteiger partial charge in [-0.3, -0.25) is 0 Å². The van der Waals surface area contributed by atoms with E-state index in [1.807, 2.05) is 0 Å². The smallest absolute Gasteiger partial charge is 0.191 e. The molecule has 0 bridgehead atoms. The fourth-order valence-electron chi connectivity index (χ4n) is 2.83. The van der Waals surface area contributed by atoms with Crippen molar-refractivity contribution in [2.24, 2.45) is 4.99 Å². The van der Waals surface area contributed by atoms with Crippen molar-refractivity contribution in [1.29, 1.82) is 0 Å². The summed E-state index contributed by atoms with van der Waals surface area (Å²) in [5.41, 5.74) is 2.27. The molecule has 1 saturated heterocycles. The largest absolute Gasteiger partial charge is 0.493 e. The van der Waals surface area contributed by atoms with Crippen LogP contribution in [0.4, 0.5) is 0 Å². The van der Waals surface area contributed by atoms with E-state index in [1.54, 1.807) is 7.11 Å². The molecule has 2 N–H and O–H groups in total. The van der Waals surface area contributed by atoms with Gasteiger partial charge in [0.05, 0.1) is 19.3 Å². The highest BCUT2D eigenvalue weighted by Gasteiger charge is 2.15. The number of aliphatic imine (C=N–C) groups is 1. The molecule has 27 heavy (non-hydrogen) atoms. The van der Waals surface area contributed by atoms with E-state index in [9.17, 15) is 0 Å². The molecule has 1 fully saturated rings. The van der Waals surface area contributed by atoms with Crippen LogP contribution < -0.4 is 15.4 Å². The van der Waals surface area contributed by atoms with Crippen molar-refractivity contribution < 1.29 is 14.2 Å². The number of hydrogen-bond acceptors (Lipinski definition) is 4. The van der Waals surface area contributed by atoms with Gasteiger partial charge in [0, 0.05) is 45.4 Å². The minimum atomic E-state index is 0. The predicted octanol–water partition coefficient (Wildman–Crippen LogP) is 3.26. The minimum Gasteiger partial charge on any atom is -0.493 e. The zero-order chi connectivity index (χ0) is 18.6. The van der Waals surface area contributed by atoms with E-state index >= 15 is 0 Å². The third-order valence-corrected chi connectivity index (χ3v) is 4.25. The van der Waals surface area contributed by atoms with Gasteiger partial charge in [-0.15, -0.1) is 24.0 Å². The van der Waals surface area contributed by atoms with E-state index in [0.717, 1.165) is 56.2 Å². The van der Waals surface area contributed by atoms with Gasteiger partial charge in [-0.25, -0.2) is 4.99 Å². The predicted molar refractivity (Wildman–Crippen MR) is 120 cm³/mol. The van der Waals surface area contributed by atoms with E-state index in [4.69, 9.17) is 19.2 Å². The van der Waals surface area contributed by atoms with Gasteiger partial charge in [0.25, 0.3) is 0 Å². The Morgan fingerprint density at radius 3 is 2.85 bits per heavy atom. The maximum atomic E-state index is 5.94. The van der Waals surface area contributed by atoms with Gasteiger partial charge in [-0.1, -0.05) is 12.1 Å². The van der Waals surface area contributed by atoms with E-state index < -0.39 is 0 Å². The van der Waals surface area contributed by atoms with Crippen LogP contribution in [0.5, 0.6) is 5.75 Å². The van der Waals surface area contributed by atoms with Gasteiger partial charge in [-0.2, -0.15) is 0 Å². The summed E-state index contributed by atoms with van der Waals surface area (Å²) in [7, 11) is 1.71. The highest BCUT2D eigenvalue weighted by Crippen LogP contribution is 2.21. The zero-order valence-corrected chi connectivity index (χ0v) is 19.1. The second-order valence-corrected chi connectivity index (χ2v) is 6.52. The van der Waals surface area contributed by atoms with E-state index in [1.165, 1.54) is 5.56 Å². The molecule has 0 amide bonds. The average Bonchev–Trinajstić information content (AvgIpc) is 3.16. The van der Waals surface area contributed by atoms with Crippen LogP contribution in [0.3, 0.4) is 0 Å². The molecular weight excluding hydrogens is 457 g/mol. The number of halogens is 1. The van der Waals surface area contributed by atoms with Crippen LogP contribution in [0.15, 0.2) is 23.2 Å². The Balaban J connectivity index is 0.00000364. The number of nitrogens with one attached hydrogen (secondary N) is 2. The molecule has 0 saturated carbocycles. The molecular formula is C20H34IN3O3. The summed E-state index contributed by atoms with van der Waals surface area (Å²) in [6, 6.07) is 6.26. The molecule has 1 aliphatic heterocycles. The molecule has 1 heterocycles. The summed E-state index contributed by atoms with van der Waals surface area (Å²) < 4.78 is 16.7. The van der Waals surface area contributed by atoms with Crippen LogP contribution in [0, 0.1) is 6.92 Å². The molecule has 1 unspecified atom stereocenters. The number of methoxy groups -OCH3 is 1. The van der Waals surface area contributed by atoms with E-state index in [0.29, 0.717) is 19.8 Å². The lowest BCUT2D eigenvalue weighted by atomic mass is 10.1. The molecule has 7 heteroatoms. The number of aryl methyl sites for hydroxylation is 1. The Labute approximate surface area is 180 Å². The first kappa shape index (κ1) is 24.0. The highest BCUT2D eigenvalue weighted by molar-refractivity contribution is 14.0. The fourth-order valence-corrected chi connectivity index (χ4v) is 2.83. The van der Waals surface area contributed by atoms with Crippen molar-refractivity contribution in [1.82, 2.24) is 10.6 Å². The van der Waals surface area contributed by atoms with Crippen LogP contribution >= 0.6 is 24.0 Å². The Hall–Kier alpha value is -1.06. The summed E-state index contributed by atoms with van der Waals surface area (Å²) in [6.45, 7) is 8.55. The number of rotatable bonds is 10. The minimum absolute atomic E-state index is 0. The summed E-state index contributed by atoms with van der Waals surface area (Å²) >= 11 is 0. The Morgan fingerprint density at radius 2 is 2.15 bits per heavy atom. The summed E-state index contributed by atoms with van der Waals surface area (Å²) in [4.78, 5) is 4.71. The topological polar surface area (TPSA) is 64.1 Å². The highest BCUT2D eigenvalue weighted by atomic mass is 127. The average molecular weight is 491 g/mol. The molecule has 1 aliphatic rings. The summed E-state index contributed by atoms with van der Waals surface area (Å²) in [5, 5.41) is 6.67. The van der Waals surface area contributed by atoms with Crippen molar-refractivity contribution in [3.05, 3.63) is 29.3 Å². The molecule has 0 aromatic heterocycles. The van der Waals surface area contributed by atoms with Gasteiger partial charge in [0.15, 0.2) is 5.96 Å². The molecule has 1 atom stereocenters. The van der Waals surface area contributed by atoms with Crippen LogP contribution in [0.1, 0.15) is 37.3 Å². The molecule has 2 rings (SSSR count). The second kappa shape index (κ2) is 14.0. The standard InChI is InChI=1S/C20H33N3O3.HI/c1-4-21-20(23-15-18-7-5-11-25-18)22-14-17-9-8-16(2)13-19(17)26-12-6-10-24-3;/h8-9,13,18H,4-7,10-12,14-15H2,1-3H3,(H2,21,22,23);1H. The Bertz CT molecular complexity index is 563. The number of benzene rings is 1. The SMILES string of the molecule is CCNC(=NCc1ccc(C)cc1OCCCOC)NCC1CCCO1.I. The van der Waals surface area contributed by atoms with Gasteiger partial charge < -0.3 is 24.8 Å². The number of guanidine groups is 1. The summed E-state index contributed by atoms with van der Waals surface area (Å²) in [6.07, 6.45) is 3.42. The van der Waals surface area contributed by atoms with Crippen molar-refractivity contribution in [2.75, 3.05) is 40.0 Å². The first-order valence-corrected chi connectivity index (χ1v) is 9.58. The first-order valence-electron chi connectivity index (χ1n) is 9.58. The number of hydrogen-bond donors (Lipinski definition) is 2. The van der Waals surface area contributed by atoms with Gasteiger partial charge in [0.1, 0.15) is 5.75 Å². The van der Waals surface area contributed by atoms with Crippen LogP contribution in [0.25, 0.3) is 0 Å². The molecule has 6 nitrogen and oxygen atoms in total. The molecule has 1 aromatic rings. The molecule has 0 spiro atoms. The second-order valence-electron chi connectivity index (χ2n) is 6.52. The van der Waals surface area contributed by atoms with Gasteiger partial charge >= 0.3 is 0 Å². The quantitative estimate of drug-likeness (QED) is 0.228. The van der Waals surface area contributed by atoms with Gasteiger partial charge in [-0.05, 0) is 38.3 Å². The lowest BCUT2D eigenvalue weighted by Gasteiger charge is -2.15. The normalized spacial score (nSPS) is 16.7. The van der Waals surface area contributed by atoms with Crippen molar-refractivity contribution in [2.45, 2.75) is 45.8 Å². The lowest BCUT2D eigenvalue weighted by molar-refractivity contribution is 0.114. The number of ether oxygens (including phenoxy) is 3. The molecule has 154 valence electrons. The maximum Gasteiger partial charge on any atom is 0.191 e. The maximum absolute atomic E-state index is 5.94. The lowest BCUT2D eigenvalue weighted by Crippen LogP contribution is -2.41. The monoisotopic (exact) mass is 491 g/mol. The molecule has 1 aromatic carbocycles. The number of nitrogens with zero attached hydrogens (tertiary/aromatic N) is 1.